The average Bonchev–Trinajstić information content (AvgIpc) is 3.41. The van der Waals surface area contributed by atoms with E-state index in [4.69, 9.17) is 4.74 Å². The summed E-state index contributed by atoms with van der Waals surface area (Å²) in [7, 11) is 0. The molecule has 0 unspecified atom stereocenters. The molecule has 176 valence electrons. The molecule has 4 aromatic rings. The zero-order valence-electron chi connectivity index (χ0n) is 19.2. The molecule has 5 rings (SSSR count). The highest BCUT2D eigenvalue weighted by molar-refractivity contribution is 5.82. The lowest BCUT2D eigenvalue weighted by Gasteiger charge is -2.34. The second-order valence-electron chi connectivity index (χ2n) is 8.42. The molecule has 1 aliphatic rings. The molecule has 1 aliphatic heterocycles. The van der Waals surface area contributed by atoms with Crippen LogP contribution in [-0.2, 0) is 0 Å². The SMILES string of the molecule is C=CCN1CCN(c2cc(Nc3cc(C)[nH]n3)nc(Oc3ccc4[nH]c(C)cc4c3F)n2)CC1. The number of piperazine rings is 1. The standard InChI is InChI=1S/C24H27FN8O/c1-4-7-32-8-10-33(11-9-32)22-14-20(27-21-13-16(3)30-31-21)28-24(29-22)34-19-6-5-18-17(23(19)25)12-15(2)26-18/h4-6,12-14,26H,1,7-11H2,2-3H3,(H2,27,28,29,30,31). The van der Waals surface area contributed by atoms with Crippen LogP contribution in [0.15, 0.2) is 43.0 Å². The van der Waals surface area contributed by atoms with Gasteiger partial charge >= 0.3 is 6.01 Å². The van der Waals surface area contributed by atoms with Crippen molar-refractivity contribution in [2.24, 2.45) is 0 Å². The lowest BCUT2D eigenvalue weighted by atomic mass is 10.2. The molecule has 0 amide bonds. The van der Waals surface area contributed by atoms with Gasteiger partial charge in [0.25, 0.3) is 0 Å². The Labute approximate surface area is 196 Å². The Morgan fingerprint density at radius 3 is 2.65 bits per heavy atom. The first kappa shape index (κ1) is 21.9. The number of hydrogen-bond acceptors (Lipinski definition) is 7. The Kier molecular flexibility index (Phi) is 5.89. The molecule has 9 nitrogen and oxygen atoms in total. The summed E-state index contributed by atoms with van der Waals surface area (Å²) in [6.07, 6.45) is 1.91. The number of aromatic nitrogens is 5. The predicted molar refractivity (Wildman–Crippen MR) is 131 cm³/mol. The normalized spacial score (nSPS) is 14.5. The quantitative estimate of drug-likeness (QED) is 0.353. The van der Waals surface area contributed by atoms with Crippen molar-refractivity contribution in [2.75, 3.05) is 42.9 Å². The second kappa shape index (κ2) is 9.14. The molecule has 4 heterocycles. The fourth-order valence-electron chi connectivity index (χ4n) is 4.11. The number of anilines is 3. The number of hydrogen-bond donors (Lipinski definition) is 3. The van der Waals surface area contributed by atoms with E-state index in [0.29, 0.717) is 28.4 Å². The van der Waals surface area contributed by atoms with Crippen LogP contribution in [0.4, 0.5) is 21.8 Å². The van der Waals surface area contributed by atoms with Crippen molar-refractivity contribution in [3.63, 3.8) is 0 Å². The molecule has 0 aliphatic carbocycles. The van der Waals surface area contributed by atoms with Gasteiger partial charge in [0.05, 0.1) is 0 Å². The topological polar surface area (TPSA) is 98.0 Å². The number of nitrogens with one attached hydrogen (secondary N) is 3. The maximum atomic E-state index is 15.1. The van der Waals surface area contributed by atoms with E-state index in [9.17, 15) is 0 Å². The monoisotopic (exact) mass is 462 g/mol. The van der Waals surface area contributed by atoms with Crippen LogP contribution in [0.3, 0.4) is 0 Å². The zero-order valence-corrected chi connectivity index (χ0v) is 19.2. The minimum absolute atomic E-state index is 0.0614. The minimum atomic E-state index is -0.452. The maximum Gasteiger partial charge on any atom is 0.326 e. The van der Waals surface area contributed by atoms with Gasteiger partial charge in [0.1, 0.15) is 11.6 Å². The molecule has 34 heavy (non-hydrogen) atoms. The van der Waals surface area contributed by atoms with Gasteiger partial charge in [-0.15, -0.1) is 6.58 Å². The van der Waals surface area contributed by atoms with Crippen molar-refractivity contribution < 1.29 is 9.13 Å². The van der Waals surface area contributed by atoms with E-state index in [-0.39, 0.29) is 11.8 Å². The van der Waals surface area contributed by atoms with E-state index in [2.05, 4.69) is 46.8 Å². The van der Waals surface area contributed by atoms with E-state index >= 15 is 4.39 Å². The Morgan fingerprint density at radius 1 is 1.09 bits per heavy atom. The van der Waals surface area contributed by atoms with Crippen LogP contribution < -0.4 is 15.0 Å². The van der Waals surface area contributed by atoms with E-state index in [1.54, 1.807) is 18.2 Å². The minimum Gasteiger partial charge on any atom is -0.421 e. The molecule has 1 saturated heterocycles. The summed E-state index contributed by atoms with van der Waals surface area (Å²) >= 11 is 0. The van der Waals surface area contributed by atoms with Gasteiger partial charge in [-0.25, -0.2) is 4.39 Å². The van der Waals surface area contributed by atoms with Gasteiger partial charge in [0.15, 0.2) is 17.4 Å². The highest BCUT2D eigenvalue weighted by Crippen LogP contribution is 2.31. The van der Waals surface area contributed by atoms with Gasteiger partial charge in [-0.05, 0) is 32.0 Å². The van der Waals surface area contributed by atoms with Gasteiger partial charge in [0, 0.05) is 67.1 Å². The average molecular weight is 463 g/mol. The lowest BCUT2D eigenvalue weighted by molar-refractivity contribution is 0.283. The third kappa shape index (κ3) is 4.58. The van der Waals surface area contributed by atoms with E-state index < -0.39 is 5.82 Å². The molecule has 0 bridgehead atoms. The van der Waals surface area contributed by atoms with E-state index in [0.717, 1.165) is 44.1 Å². The largest absolute Gasteiger partial charge is 0.421 e. The summed E-state index contributed by atoms with van der Waals surface area (Å²) in [4.78, 5) is 16.7. The van der Waals surface area contributed by atoms with Crippen molar-refractivity contribution in [3.8, 4) is 11.8 Å². The van der Waals surface area contributed by atoms with Gasteiger partial charge in [-0.2, -0.15) is 15.1 Å². The van der Waals surface area contributed by atoms with Crippen LogP contribution in [-0.4, -0.2) is 62.8 Å². The number of benzene rings is 1. The van der Waals surface area contributed by atoms with Gasteiger partial charge in [-0.1, -0.05) is 6.08 Å². The first-order chi connectivity index (χ1) is 16.5. The number of rotatable bonds is 7. The fraction of sp³-hybridized carbons (Fsp3) is 0.292. The smallest absolute Gasteiger partial charge is 0.326 e. The summed E-state index contributed by atoms with van der Waals surface area (Å²) in [5, 5.41) is 10.8. The fourth-order valence-corrected chi connectivity index (χ4v) is 4.11. The summed E-state index contributed by atoms with van der Waals surface area (Å²) in [5.41, 5.74) is 2.51. The van der Waals surface area contributed by atoms with Crippen LogP contribution in [0, 0.1) is 19.7 Å². The Hall–Kier alpha value is -3.92. The summed E-state index contributed by atoms with van der Waals surface area (Å²) in [5.74, 6) is 1.46. The van der Waals surface area contributed by atoms with E-state index in [1.807, 2.05) is 32.1 Å². The Balaban J connectivity index is 1.46. The number of aromatic amines is 2. The Bertz CT molecular complexity index is 1320. The van der Waals surface area contributed by atoms with Crippen LogP contribution in [0.25, 0.3) is 10.9 Å². The second-order valence-corrected chi connectivity index (χ2v) is 8.42. The first-order valence-electron chi connectivity index (χ1n) is 11.2. The molecule has 0 radical (unpaired) electrons. The molecule has 3 aromatic heterocycles. The van der Waals surface area contributed by atoms with Crippen molar-refractivity contribution in [1.29, 1.82) is 0 Å². The third-order valence-electron chi connectivity index (χ3n) is 5.78. The number of halogens is 1. The predicted octanol–water partition coefficient (Wildman–Crippen LogP) is 4.28. The lowest BCUT2D eigenvalue weighted by Crippen LogP contribution is -2.46. The Morgan fingerprint density at radius 2 is 1.91 bits per heavy atom. The summed E-state index contributed by atoms with van der Waals surface area (Å²) in [6.45, 7) is 11.9. The van der Waals surface area contributed by atoms with Crippen molar-refractivity contribution in [1.82, 2.24) is 30.0 Å². The molecule has 1 fully saturated rings. The first-order valence-corrected chi connectivity index (χ1v) is 11.2. The van der Waals surface area contributed by atoms with Crippen molar-refractivity contribution in [2.45, 2.75) is 13.8 Å². The number of nitrogens with zero attached hydrogens (tertiary/aromatic N) is 5. The van der Waals surface area contributed by atoms with Crippen LogP contribution in [0.5, 0.6) is 11.8 Å². The number of H-pyrrole nitrogens is 2. The molecule has 0 atom stereocenters. The van der Waals surface area contributed by atoms with Crippen molar-refractivity contribution >= 4 is 28.4 Å². The number of fused-ring (bicyclic) bond motifs is 1. The maximum absolute atomic E-state index is 15.1. The molecular weight excluding hydrogens is 435 g/mol. The molecule has 3 N–H and O–H groups in total. The molecular formula is C24H27FN8O. The van der Waals surface area contributed by atoms with Gasteiger partial charge in [-0.3, -0.25) is 10.00 Å². The summed E-state index contributed by atoms with van der Waals surface area (Å²) < 4.78 is 21.0. The highest BCUT2D eigenvalue weighted by atomic mass is 19.1. The molecule has 10 heteroatoms. The van der Waals surface area contributed by atoms with Crippen LogP contribution >= 0.6 is 0 Å². The van der Waals surface area contributed by atoms with Crippen molar-refractivity contribution in [3.05, 3.63) is 60.2 Å². The molecule has 1 aromatic carbocycles. The molecule has 0 saturated carbocycles. The van der Waals surface area contributed by atoms with Gasteiger partial charge in [0.2, 0.25) is 0 Å². The van der Waals surface area contributed by atoms with Crippen LogP contribution in [0.2, 0.25) is 0 Å². The van der Waals surface area contributed by atoms with E-state index in [1.165, 1.54) is 0 Å². The third-order valence-corrected chi connectivity index (χ3v) is 5.78. The number of aryl methyl sites for hydroxylation is 2. The zero-order chi connectivity index (χ0) is 23.7. The van der Waals surface area contributed by atoms with Gasteiger partial charge < -0.3 is 19.9 Å². The van der Waals surface area contributed by atoms with Crippen LogP contribution in [0.1, 0.15) is 11.4 Å². The number of ether oxygens (including phenoxy) is 1. The summed E-state index contributed by atoms with van der Waals surface area (Å²) in [6, 6.07) is 8.92. The highest BCUT2D eigenvalue weighted by Gasteiger charge is 2.20. The molecule has 0 spiro atoms.